The Bertz CT molecular complexity index is 453. The van der Waals surface area contributed by atoms with Gasteiger partial charge in [0.15, 0.2) is 0 Å². The summed E-state index contributed by atoms with van der Waals surface area (Å²) in [6, 6.07) is 7.32. The minimum Gasteiger partial charge on any atom is -0.313 e. The van der Waals surface area contributed by atoms with Gasteiger partial charge in [0.2, 0.25) is 0 Å². The van der Waals surface area contributed by atoms with E-state index >= 15 is 0 Å². The van der Waals surface area contributed by atoms with Gasteiger partial charge in [-0.2, -0.15) is 0 Å². The molecule has 0 radical (unpaired) electrons. The normalized spacial score (nSPS) is 22.1. The van der Waals surface area contributed by atoms with E-state index in [9.17, 15) is 10.1 Å². The second kappa shape index (κ2) is 7.33. The first kappa shape index (κ1) is 14.9. The maximum atomic E-state index is 10.7. The number of hydrazine groups is 1. The van der Waals surface area contributed by atoms with Crippen LogP contribution in [0.25, 0.3) is 0 Å². The highest BCUT2D eigenvalue weighted by Crippen LogP contribution is 2.14. The Morgan fingerprint density at radius 3 is 3.05 bits per heavy atom. The standard InChI is InChI=1S/C14H22N4O2/c1-11-13(10-16-17-11)5-3-7-15-9-12-4-2-6-14(8-12)18(19)20/h2,4,6,8,11,13,15-17H,3,5,7,9-10H2,1H3. The summed E-state index contributed by atoms with van der Waals surface area (Å²) >= 11 is 0. The maximum absolute atomic E-state index is 10.7. The van der Waals surface area contributed by atoms with E-state index in [0.717, 1.165) is 25.1 Å². The molecule has 20 heavy (non-hydrogen) atoms. The second-order valence-corrected chi connectivity index (χ2v) is 5.32. The molecule has 6 nitrogen and oxygen atoms in total. The fourth-order valence-corrected chi connectivity index (χ4v) is 2.50. The zero-order chi connectivity index (χ0) is 14.4. The van der Waals surface area contributed by atoms with Gasteiger partial charge in [-0.3, -0.25) is 21.0 Å². The van der Waals surface area contributed by atoms with Gasteiger partial charge in [0, 0.05) is 31.3 Å². The number of nitro groups is 1. The van der Waals surface area contributed by atoms with Crippen molar-refractivity contribution in [2.24, 2.45) is 5.92 Å². The first-order valence-corrected chi connectivity index (χ1v) is 7.09. The lowest BCUT2D eigenvalue weighted by atomic mass is 9.98. The molecule has 110 valence electrons. The predicted octanol–water partition coefficient (Wildman–Crippen LogP) is 1.58. The fraction of sp³-hybridized carbons (Fsp3) is 0.571. The molecular weight excluding hydrogens is 256 g/mol. The molecule has 2 rings (SSSR count). The van der Waals surface area contributed by atoms with Crippen LogP contribution in [-0.2, 0) is 6.54 Å². The van der Waals surface area contributed by atoms with Crippen molar-refractivity contribution in [2.75, 3.05) is 13.1 Å². The monoisotopic (exact) mass is 278 g/mol. The minimum atomic E-state index is -0.356. The highest BCUT2D eigenvalue weighted by atomic mass is 16.6. The molecule has 1 saturated heterocycles. The predicted molar refractivity (Wildman–Crippen MR) is 78.1 cm³/mol. The summed E-state index contributed by atoms with van der Waals surface area (Å²) in [4.78, 5) is 10.3. The van der Waals surface area contributed by atoms with Crippen LogP contribution in [0.1, 0.15) is 25.3 Å². The number of hydrogen-bond acceptors (Lipinski definition) is 5. The Hall–Kier alpha value is -1.50. The van der Waals surface area contributed by atoms with E-state index in [-0.39, 0.29) is 10.6 Å². The van der Waals surface area contributed by atoms with E-state index in [2.05, 4.69) is 23.1 Å². The molecule has 1 aromatic carbocycles. The summed E-state index contributed by atoms with van der Waals surface area (Å²) in [6.07, 6.45) is 2.30. The molecule has 6 heteroatoms. The van der Waals surface area contributed by atoms with Crippen LogP contribution in [0.15, 0.2) is 24.3 Å². The van der Waals surface area contributed by atoms with Crippen LogP contribution in [0.3, 0.4) is 0 Å². The van der Waals surface area contributed by atoms with Gasteiger partial charge < -0.3 is 5.32 Å². The van der Waals surface area contributed by atoms with Gasteiger partial charge in [-0.1, -0.05) is 12.1 Å². The van der Waals surface area contributed by atoms with Gasteiger partial charge in [0.05, 0.1) is 4.92 Å². The molecule has 0 spiro atoms. The third kappa shape index (κ3) is 4.26. The second-order valence-electron chi connectivity index (χ2n) is 5.32. The van der Waals surface area contributed by atoms with Crippen LogP contribution < -0.4 is 16.2 Å². The van der Waals surface area contributed by atoms with E-state index < -0.39 is 0 Å². The summed E-state index contributed by atoms with van der Waals surface area (Å²) in [5, 5.41) is 14.0. The molecule has 0 saturated carbocycles. The van der Waals surface area contributed by atoms with E-state index in [1.807, 2.05) is 6.07 Å². The average molecular weight is 278 g/mol. The fourth-order valence-electron chi connectivity index (χ4n) is 2.50. The highest BCUT2D eigenvalue weighted by molar-refractivity contribution is 5.34. The molecule has 1 heterocycles. The molecule has 1 fully saturated rings. The van der Waals surface area contributed by atoms with Gasteiger partial charge in [0.1, 0.15) is 0 Å². The number of non-ortho nitro benzene ring substituents is 1. The van der Waals surface area contributed by atoms with Crippen molar-refractivity contribution in [2.45, 2.75) is 32.4 Å². The molecule has 0 amide bonds. The van der Waals surface area contributed by atoms with Crippen molar-refractivity contribution < 1.29 is 4.92 Å². The Balaban J connectivity index is 1.65. The molecule has 3 N–H and O–H groups in total. The number of rotatable bonds is 7. The van der Waals surface area contributed by atoms with E-state index in [4.69, 9.17) is 0 Å². The van der Waals surface area contributed by atoms with Crippen LogP contribution in [0.4, 0.5) is 5.69 Å². The molecule has 0 aliphatic carbocycles. The quantitative estimate of drug-likeness (QED) is 0.401. The molecule has 2 atom stereocenters. The van der Waals surface area contributed by atoms with Gasteiger partial charge in [0.25, 0.3) is 5.69 Å². The van der Waals surface area contributed by atoms with Gasteiger partial charge in [-0.15, -0.1) is 0 Å². The summed E-state index contributed by atoms with van der Waals surface area (Å²) in [6.45, 7) is 4.84. The lowest BCUT2D eigenvalue weighted by molar-refractivity contribution is -0.384. The number of benzene rings is 1. The van der Waals surface area contributed by atoms with Crippen molar-refractivity contribution in [3.05, 3.63) is 39.9 Å². The van der Waals surface area contributed by atoms with Gasteiger partial charge in [-0.25, -0.2) is 0 Å². The SMILES string of the molecule is CC1NNCC1CCCNCc1cccc([N+](=O)[O-])c1. The zero-order valence-electron chi connectivity index (χ0n) is 11.8. The average Bonchev–Trinajstić information content (AvgIpc) is 2.84. The number of hydrogen-bond donors (Lipinski definition) is 3. The largest absolute Gasteiger partial charge is 0.313 e. The smallest absolute Gasteiger partial charge is 0.269 e. The lowest BCUT2D eigenvalue weighted by Crippen LogP contribution is -2.28. The molecule has 2 unspecified atom stereocenters. The van der Waals surface area contributed by atoms with Crippen LogP contribution in [0.5, 0.6) is 0 Å². The van der Waals surface area contributed by atoms with Crippen molar-refractivity contribution >= 4 is 5.69 Å². The summed E-state index contributed by atoms with van der Waals surface area (Å²) < 4.78 is 0. The van der Waals surface area contributed by atoms with E-state index in [1.54, 1.807) is 12.1 Å². The Kier molecular flexibility index (Phi) is 5.46. The van der Waals surface area contributed by atoms with Crippen LogP contribution in [0, 0.1) is 16.0 Å². The zero-order valence-corrected chi connectivity index (χ0v) is 11.8. The molecule has 1 aliphatic rings. The molecule has 1 aliphatic heterocycles. The molecule has 0 aromatic heterocycles. The minimum absolute atomic E-state index is 0.154. The van der Waals surface area contributed by atoms with Crippen molar-refractivity contribution in [3.8, 4) is 0 Å². The highest BCUT2D eigenvalue weighted by Gasteiger charge is 2.21. The topological polar surface area (TPSA) is 79.2 Å². The Morgan fingerprint density at radius 2 is 2.35 bits per heavy atom. The van der Waals surface area contributed by atoms with Crippen LogP contribution in [-0.4, -0.2) is 24.1 Å². The third-order valence-electron chi connectivity index (χ3n) is 3.78. The summed E-state index contributed by atoms with van der Waals surface area (Å²) in [5.74, 6) is 0.689. The van der Waals surface area contributed by atoms with Gasteiger partial charge >= 0.3 is 0 Å². The Morgan fingerprint density at radius 1 is 1.50 bits per heavy atom. The first-order chi connectivity index (χ1) is 9.66. The summed E-state index contributed by atoms with van der Waals surface area (Å²) in [5.41, 5.74) is 7.50. The molecular formula is C14H22N4O2. The first-order valence-electron chi connectivity index (χ1n) is 7.09. The molecule has 1 aromatic rings. The Labute approximate surface area is 119 Å². The maximum Gasteiger partial charge on any atom is 0.269 e. The molecule has 0 bridgehead atoms. The van der Waals surface area contributed by atoms with Crippen molar-refractivity contribution in [1.29, 1.82) is 0 Å². The van der Waals surface area contributed by atoms with Gasteiger partial charge in [-0.05, 0) is 37.8 Å². The van der Waals surface area contributed by atoms with Crippen LogP contribution in [0.2, 0.25) is 0 Å². The van der Waals surface area contributed by atoms with Crippen LogP contribution >= 0.6 is 0 Å². The number of nitrogens with one attached hydrogen (secondary N) is 3. The van der Waals surface area contributed by atoms with Crippen molar-refractivity contribution in [3.63, 3.8) is 0 Å². The van der Waals surface area contributed by atoms with E-state index in [1.165, 1.54) is 12.5 Å². The lowest BCUT2D eigenvalue weighted by Gasteiger charge is -2.13. The number of nitro benzene ring substituents is 1. The summed E-state index contributed by atoms with van der Waals surface area (Å²) in [7, 11) is 0. The van der Waals surface area contributed by atoms with E-state index in [0.29, 0.717) is 18.5 Å². The van der Waals surface area contributed by atoms with Crippen molar-refractivity contribution in [1.82, 2.24) is 16.2 Å². The number of nitrogens with zero attached hydrogens (tertiary/aromatic N) is 1. The third-order valence-corrected chi connectivity index (χ3v) is 3.78.